The Kier molecular flexibility index (Phi) is 6.50. The zero-order valence-electron chi connectivity index (χ0n) is 19.8. The van der Waals surface area contributed by atoms with Gasteiger partial charge in [-0.3, -0.25) is 0 Å². The second-order valence-corrected chi connectivity index (χ2v) is 7.91. The van der Waals surface area contributed by atoms with E-state index in [1.807, 2.05) is 12.1 Å². The summed E-state index contributed by atoms with van der Waals surface area (Å²) in [7, 11) is 1.70. The molecule has 4 heteroatoms. The van der Waals surface area contributed by atoms with Crippen molar-refractivity contribution in [3.8, 4) is 28.2 Å². The van der Waals surface area contributed by atoms with Crippen molar-refractivity contribution in [3.63, 3.8) is 0 Å². The minimum atomic E-state index is 0.857. The molecule has 2 aromatic carbocycles. The van der Waals surface area contributed by atoms with Crippen LogP contribution in [0.2, 0.25) is 0 Å². The smallest absolute Gasteiger partial charge is 0.203 e. The average molecular weight is 430 g/mol. The van der Waals surface area contributed by atoms with Crippen molar-refractivity contribution in [2.45, 2.75) is 27.7 Å². The van der Waals surface area contributed by atoms with E-state index in [1.165, 1.54) is 16.6 Å². The van der Waals surface area contributed by atoms with Gasteiger partial charge in [0.2, 0.25) is 5.36 Å². The number of benzene rings is 3. The van der Waals surface area contributed by atoms with E-state index in [4.69, 9.17) is 9.15 Å². The van der Waals surface area contributed by atoms with Gasteiger partial charge < -0.3 is 14.1 Å². The molecular formula is C28H33N2O2+. The zero-order chi connectivity index (χ0) is 22.7. The molecule has 166 valence electrons. The van der Waals surface area contributed by atoms with E-state index in [2.05, 4.69) is 85.7 Å². The highest BCUT2D eigenvalue weighted by Gasteiger charge is 2.19. The van der Waals surface area contributed by atoms with Gasteiger partial charge in [0.1, 0.15) is 30.2 Å². The van der Waals surface area contributed by atoms with E-state index in [0.717, 1.165) is 59.8 Å². The molecule has 4 nitrogen and oxygen atoms in total. The normalized spacial score (nSPS) is 11.2. The lowest BCUT2D eigenvalue weighted by Crippen LogP contribution is -2.29. The summed E-state index contributed by atoms with van der Waals surface area (Å²) >= 11 is 0. The highest BCUT2D eigenvalue weighted by atomic mass is 16.5. The lowest BCUT2D eigenvalue weighted by Gasteiger charge is -2.22. The van der Waals surface area contributed by atoms with Crippen molar-refractivity contribution in [1.82, 2.24) is 4.58 Å². The molecule has 1 heterocycles. The molecule has 0 bridgehead atoms. The van der Waals surface area contributed by atoms with Crippen LogP contribution in [0.1, 0.15) is 27.7 Å². The first-order valence-electron chi connectivity index (χ1n) is 11.6. The standard InChI is InChI=1S/C28H33N2O2/c1-6-29(7-2)21-12-16-24-26(18-21)32-27-19-22(30(8-3)9-4)13-17-25(27)28(24)20-10-14-23(31-5)15-11-20/h10-19H,6-9H2,1-5H3/q+1. The fraction of sp³-hybridized carbons (Fsp3) is 0.321. The van der Waals surface area contributed by atoms with Gasteiger partial charge in [0, 0.05) is 47.4 Å². The van der Waals surface area contributed by atoms with E-state index in [1.54, 1.807) is 7.11 Å². The minimum Gasteiger partial charge on any atom is -0.497 e. The van der Waals surface area contributed by atoms with E-state index in [-0.39, 0.29) is 0 Å². The SMILES string of the molecule is CCN(CC)c1ccc2c(-c3ccc(OC)cc3)c3ccc(=[N+](CC)CC)cc-3oc2c1. The van der Waals surface area contributed by atoms with Crippen LogP contribution in [0.15, 0.2) is 65.1 Å². The first-order chi connectivity index (χ1) is 15.6. The van der Waals surface area contributed by atoms with Crippen LogP contribution in [-0.2, 0) is 0 Å². The Bertz CT molecular complexity index is 1240. The largest absolute Gasteiger partial charge is 0.497 e. The Labute approximate surface area is 190 Å². The summed E-state index contributed by atoms with van der Waals surface area (Å²) in [6.07, 6.45) is 0. The third-order valence-corrected chi connectivity index (χ3v) is 6.32. The maximum atomic E-state index is 6.53. The predicted octanol–water partition coefficient (Wildman–Crippen LogP) is 5.87. The van der Waals surface area contributed by atoms with Crippen LogP contribution in [0.4, 0.5) is 5.69 Å². The molecule has 4 rings (SSSR count). The van der Waals surface area contributed by atoms with E-state index >= 15 is 0 Å². The molecule has 0 saturated carbocycles. The van der Waals surface area contributed by atoms with Crippen molar-refractivity contribution in [3.05, 3.63) is 66.0 Å². The number of ether oxygens (including phenoxy) is 1. The van der Waals surface area contributed by atoms with Crippen LogP contribution in [-0.4, -0.2) is 33.3 Å². The molecule has 1 aliphatic carbocycles. The van der Waals surface area contributed by atoms with Gasteiger partial charge in [-0.15, -0.1) is 0 Å². The molecule has 0 spiro atoms. The van der Waals surface area contributed by atoms with Gasteiger partial charge in [-0.2, -0.15) is 0 Å². The number of methoxy groups -OCH3 is 1. The van der Waals surface area contributed by atoms with Gasteiger partial charge in [-0.25, -0.2) is 4.58 Å². The van der Waals surface area contributed by atoms with Gasteiger partial charge in [0.25, 0.3) is 0 Å². The summed E-state index contributed by atoms with van der Waals surface area (Å²) in [5.74, 6) is 1.76. The summed E-state index contributed by atoms with van der Waals surface area (Å²) in [5, 5.41) is 2.31. The quantitative estimate of drug-likeness (QED) is 0.272. The Morgan fingerprint density at radius 2 is 1.56 bits per heavy atom. The van der Waals surface area contributed by atoms with Crippen molar-refractivity contribution in [2.24, 2.45) is 0 Å². The zero-order valence-corrected chi connectivity index (χ0v) is 19.8. The molecule has 32 heavy (non-hydrogen) atoms. The highest BCUT2D eigenvalue weighted by Crippen LogP contribution is 2.41. The second kappa shape index (κ2) is 9.47. The van der Waals surface area contributed by atoms with Crippen LogP contribution in [0.5, 0.6) is 5.75 Å². The monoisotopic (exact) mass is 429 g/mol. The molecular weight excluding hydrogens is 396 g/mol. The fourth-order valence-corrected chi connectivity index (χ4v) is 4.51. The van der Waals surface area contributed by atoms with Crippen molar-refractivity contribution in [2.75, 3.05) is 38.2 Å². The summed E-state index contributed by atoms with van der Waals surface area (Å²) in [5.41, 5.74) is 5.56. The van der Waals surface area contributed by atoms with Gasteiger partial charge >= 0.3 is 0 Å². The van der Waals surface area contributed by atoms with Crippen LogP contribution >= 0.6 is 0 Å². The first kappa shape index (κ1) is 21.9. The Hall–Kier alpha value is -3.27. The first-order valence-corrected chi connectivity index (χ1v) is 11.6. The lowest BCUT2D eigenvalue weighted by molar-refractivity contribution is 0.415. The molecule has 2 aromatic rings. The summed E-state index contributed by atoms with van der Waals surface area (Å²) in [6.45, 7) is 12.6. The number of anilines is 1. The molecule has 0 saturated heterocycles. The van der Waals surface area contributed by atoms with E-state index in [0.29, 0.717) is 0 Å². The number of hydrogen-bond donors (Lipinski definition) is 0. The molecule has 0 aromatic heterocycles. The average Bonchev–Trinajstić information content (AvgIpc) is 2.84. The molecule has 1 aliphatic heterocycles. The topological polar surface area (TPSA) is 28.6 Å². The van der Waals surface area contributed by atoms with E-state index < -0.39 is 0 Å². The Morgan fingerprint density at radius 1 is 0.844 bits per heavy atom. The maximum Gasteiger partial charge on any atom is 0.203 e. The maximum absolute atomic E-state index is 6.53. The summed E-state index contributed by atoms with van der Waals surface area (Å²) in [4.78, 5) is 2.35. The molecule has 2 aliphatic rings. The number of nitrogens with zero attached hydrogens (tertiary/aromatic N) is 2. The summed E-state index contributed by atoms with van der Waals surface area (Å²) < 4.78 is 14.3. The highest BCUT2D eigenvalue weighted by molar-refractivity contribution is 6.02. The molecule has 0 radical (unpaired) electrons. The van der Waals surface area contributed by atoms with Crippen LogP contribution in [0.3, 0.4) is 0 Å². The van der Waals surface area contributed by atoms with Gasteiger partial charge in [0.05, 0.1) is 13.2 Å². The van der Waals surface area contributed by atoms with Gasteiger partial charge in [-0.05, 0) is 63.6 Å². The van der Waals surface area contributed by atoms with E-state index in [9.17, 15) is 0 Å². The van der Waals surface area contributed by atoms with Crippen LogP contribution in [0, 0.1) is 0 Å². The van der Waals surface area contributed by atoms with Crippen molar-refractivity contribution >= 4 is 16.7 Å². The minimum absolute atomic E-state index is 0.857. The number of hydrogen-bond acceptors (Lipinski definition) is 3. The molecule has 0 fully saturated rings. The third kappa shape index (κ3) is 3.97. The van der Waals surface area contributed by atoms with Gasteiger partial charge in [-0.1, -0.05) is 12.1 Å². The lowest BCUT2D eigenvalue weighted by atomic mass is 9.93. The van der Waals surface area contributed by atoms with Crippen molar-refractivity contribution in [1.29, 1.82) is 0 Å². The molecule has 0 unspecified atom stereocenters. The van der Waals surface area contributed by atoms with Crippen LogP contribution < -0.4 is 19.6 Å². The molecule has 0 atom stereocenters. The summed E-state index contributed by atoms with van der Waals surface area (Å²) in [6, 6.07) is 21.5. The number of rotatable bonds is 7. The second-order valence-electron chi connectivity index (χ2n) is 7.91. The van der Waals surface area contributed by atoms with Crippen molar-refractivity contribution < 1.29 is 9.15 Å². The third-order valence-electron chi connectivity index (χ3n) is 6.32. The molecule has 0 N–H and O–H groups in total. The predicted molar refractivity (Wildman–Crippen MR) is 135 cm³/mol. The van der Waals surface area contributed by atoms with Gasteiger partial charge in [0.15, 0.2) is 0 Å². The van der Waals surface area contributed by atoms with Crippen LogP contribution in [0.25, 0.3) is 33.4 Å². The molecule has 0 amide bonds. The fourth-order valence-electron chi connectivity index (χ4n) is 4.51. The number of fused-ring (bicyclic) bond motifs is 2. The Balaban J connectivity index is 2.05. The Morgan fingerprint density at radius 3 is 2.19 bits per heavy atom.